The van der Waals surface area contributed by atoms with Crippen LogP contribution in [0.2, 0.25) is 0 Å². The van der Waals surface area contributed by atoms with Gasteiger partial charge in [-0.05, 0) is 17.0 Å². The molecule has 0 saturated carbocycles. The fraction of sp³-hybridized carbons (Fsp3) is 0.636. The summed E-state index contributed by atoms with van der Waals surface area (Å²) in [6.07, 6.45) is 0. The van der Waals surface area contributed by atoms with E-state index in [0.29, 0.717) is 19.0 Å². The molecule has 0 bridgehead atoms. The van der Waals surface area contributed by atoms with Crippen molar-refractivity contribution >= 4 is 35.8 Å². The van der Waals surface area contributed by atoms with Gasteiger partial charge in [0.05, 0.1) is 0 Å². The first-order valence-electron chi connectivity index (χ1n) is 10.4. The molecule has 0 aromatic heterocycles. The molecule has 0 aliphatic carbocycles. The molecule has 1 saturated heterocycles. The van der Waals surface area contributed by atoms with Gasteiger partial charge in [0.15, 0.2) is 5.96 Å². The maximum Gasteiger partial charge on any atom is 0.222 e. The Bertz CT molecular complexity index is 637. The molecule has 1 amide bonds. The molecule has 0 atom stereocenters. The third-order valence-electron chi connectivity index (χ3n) is 5.17. The summed E-state index contributed by atoms with van der Waals surface area (Å²) < 4.78 is 0. The van der Waals surface area contributed by atoms with Crippen molar-refractivity contribution in [2.45, 2.75) is 40.2 Å². The van der Waals surface area contributed by atoms with E-state index in [1.807, 2.05) is 20.9 Å². The van der Waals surface area contributed by atoms with E-state index in [-0.39, 0.29) is 35.8 Å². The average molecular weight is 515 g/mol. The molecule has 7 heteroatoms. The number of carbonyl (C=O) groups is 1. The van der Waals surface area contributed by atoms with Gasteiger partial charge < -0.3 is 15.5 Å². The van der Waals surface area contributed by atoms with Crippen molar-refractivity contribution < 1.29 is 4.79 Å². The molecular weight excluding hydrogens is 477 g/mol. The van der Waals surface area contributed by atoms with E-state index < -0.39 is 0 Å². The Morgan fingerprint density at radius 3 is 2.10 bits per heavy atom. The molecule has 0 spiro atoms. The highest BCUT2D eigenvalue weighted by Crippen LogP contribution is 2.16. The molecule has 1 fully saturated rings. The fourth-order valence-corrected chi connectivity index (χ4v) is 3.28. The third kappa shape index (κ3) is 8.50. The highest BCUT2D eigenvalue weighted by atomic mass is 127. The van der Waals surface area contributed by atoms with Crippen LogP contribution >= 0.6 is 24.0 Å². The van der Waals surface area contributed by atoms with Crippen LogP contribution in [0.5, 0.6) is 0 Å². The molecule has 29 heavy (non-hydrogen) atoms. The van der Waals surface area contributed by atoms with E-state index in [1.54, 1.807) is 0 Å². The van der Waals surface area contributed by atoms with Crippen molar-refractivity contribution in [1.82, 2.24) is 20.4 Å². The van der Waals surface area contributed by atoms with Crippen LogP contribution in [0, 0.1) is 5.92 Å². The first kappa shape index (κ1) is 25.7. The minimum Gasteiger partial charge on any atom is -0.354 e. The van der Waals surface area contributed by atoms with Crippen molar-refractivity contribution in [3.05, 3.63) is 35.4 Å². The van der Waals surface area contributed by atoms with Gasteiger partial charge in [-0.25, -0.2) is 0 Å². The molecule has 1 aromatic carbocycles. The summed E-state index contributed by atoms with van der Waals surface area (Å²) in [6, 6.07) is 9.02. The summed E-state index contributed by atoms with van der Waals surface area (Å²) in [7, 11) is 1.82. The first-order chi connectivity index (χ1) is 13.4. The van der Waals surface area contributed by atoms with Gasteiger partial charge in [0.25, 0.3) is 0 Å². The van der Waals surface area contributed by atoms with Crippen LogP contribution in [-0.4, -0.2) is 68.0 Å². The van der Waals surface area contributed by atoms with Crippen LogP contribution < -0.4 is 10.6 Å². The molecule has 1 aliphatic heterocycles. The zero-order valence-electron chi connectivity index (χ0n) is 18.6. The molecule has 1 aliphatic rings. The van der Waals surface area contributed by atoms with Gasteiger partial charge in [-0.2, -0.15) is 0 Å². The van der Waals surface area contributed by atoms with Gasteiger partial charge in [0, 0.05) is 58.8 Å². The maximum atomic E-state index is 11.6. The molecular formula is C22H38IN5O. The SMILES string of the molecule is CN=C(NCCNC(=O)C(C)C)N1CCN(Cc2ccc(C(C)C)cc2)CC1.I. The Balaban J connectivity index is 0.00000420. The normalized spacial score (nSPS) is 15.4. The van der Waals surface area contributed by atoms with Crippen molar-refractivity contribution in [2.75, 3.05) is 46.3 Å². The number of halogens is 1. The van der Waals surface area contributed by atoms with E-state index in [0.717, 1.165) is 38.7 Å². The first-order valence-corrected chi connectivity index (χ1v) is 10.4. The monoisotopic (exact) mass is 515 g/mol. The number of hydrogen-bond acceptors (Lipinski definition) is 3. The van der Waals surface area contributed by atoms with E-state index in [4.69, 9.17) is 0 Å². The van der Waals surface area contributed by atoms with Gasteiger partial charge in [0.1, 0.15) is 0 Å². The van der Waals surface area contributed by atoms with E-state index in [2.05, 4.69) is 63.5 Å². The summed E-state index contributed by atoms with van der Waals surface area (Å²) in [5.41, 5.74) is 2.77. The standard InChI is InChI=1S/C22H37N5O.HI/c1-17(2)20-8-6-19(7-9-20)16-26-12-14-27(15-13-26)22(23-5)25-11-10-24-21(28)18(3)4;/h6-9,17-18H,10-16H2,1-5H3,(H,23,25)(H,24,28);1H. The Morgan fingerprint density at radius 2 is 1.59 bits per heavy atom. The lowest BCUT2D eigenvalue weighted by atomic mass is 10.0. The largest absolute Gasteiger partial charge is 0.354 e. The summed E-state index contributed by atoms with van der Waals surface area (Å²) >= 11 is 0. The highest BCUT2D eigenvalue weighted by molar-refractivity contribution is 14.0. The number of hydrogen-bond donors (Lipinski definition) is 2. The number of rotatable bonds is 7. The topological polar surface area (TPSA) is 60.0 Å². The quantitative estimate of drug-likeness (QED) is 0.254. The van der Waals surface area contributed by atoms with Crippen molar-refractivity contribution in [3.8, 4) is 0 Å². The van der Waals surface area contributed by atoms with E-state index in [9.17, 15) is 4.79 Å². The van der Waals surface area contributed by atoms with Crippen molar-refractivity contribution in [2.24, 2.45) is 10.9 Å². The third-order valence-corrected chi connectivity index (χ3v) is 5.17. The summed E-state index contributed by atoms with van der Waals surface area (Å²) in [5.74, 6) is 1.61. The lowest BCUT2D eigenvalue weighted by molar-refractivity contribution is -0.123. The van der Waals surface area contributed by atoms with Gasteiger partial charge >= 0.3 is 0 Å². The number of benzene rings is 1. The minimum absolute atomic E-state index is 0. The molecule has 1 aromatic rings. The molecule has 1 heterocycles. The highest BCUT2D eigenvalue weighted by Gasteiger charge is 2.19. The fourth-order valence-electron chi connectivity index (χ4n) is 3.28. The Labute approximate surface area is 193 Å². The van der Waals surface area contributed by atoms with Gasteiger partial charge in [0.2, 0.25) is 5.91 Å². The predicted molar refractivity (Wildman–Crippen MR) is 132 cm³/mol. The van der Waals surface area contributed by atoms with Crippen molar-refractivity contribution in [1.29, 1.82) is 0 Å². The Morgan fingerprint density at radius 1 is 1.00 bits per heavy atom. The molecule has 2 N–H and O–H groups in total. The number of guanidine groups is 1. The van der Waals surface area contributed by atoms with Gasteiger partial charge in [-0.1, -0.05) is 52.0 Å². The van der Waals surface area contributed by atoms with Gasteiger partial charge in [-0.3, -0.25) is 14.7 Å². The lowest BCUT2D eigenvalue weighted by Crippen LogP contribution is -2.53. The van der Waals surface area contributed by atoms with E-state index >= 15 is 0 Å². The molecule has 0 unspecified atom stereocenters. The molecule has 2 rings (SSSR count). The average Bonchev–Trinajstić information content (AvgIpc) is 2.69. The summed E-state index contributed by atoms with van der Waals surface area (Å²) in [5, 5.41) is 6.28. The van der Waals surface area contributed by atoms with E-state index in [1.165, 1.54) is 11.1 Å². The summed E-state index contributed by atoms with van der Waals surface area (Å²) in [4.78, 5) is 20.8. The molecule has 164 valence electrons. The zero-order valence-corrected chi connectivity index (χ0v) is 20.9. The second kappa shape index (κ2) is 13.1. The number of carbonyl (C=O) groups excluding carboxylic acids is 1. The zero-order chi connectivity index (χ0) is 20.5. The second-order valence-electron chi connectivity index (χ2n) is 8.08. The number of aliphatic imine (C=N–C) groups is 1. The number of nitrogens with one attached hydrogen (secondary N) is 2. The smallest absolute Gasteiger partial charge is 0.222 e. The number of amides is 1. The molecule has 6 nitrogen and oxygen atoms in total. The van der Waals surface area contributed by atoms with Crippen LogP contribution in [0.25, 0.3) is 0 Å². The Kier molecular flexibility index (Phi) is 11.6. The maximum absolute atomic E-state index is 11.6. The van der Waals surface area contributed by atoms with Crippen LogP contribution in [0.4, 0.5) is 0 Å². The second-order valence-corrected chi connectivity index (χ2v) is 8.08. The predicted octanol–water partition coefficient (Wildman–Crippen LogP) is 2.89. The van der Waals surface area contributed by atoms with Crippen molar-refractivity contribution in [3.63, 3.8) is 0 Å². The summed E-state index contributed by atoms with van der Waals surface area (Å²) in [6.45, 7) is 14.5. The minimum atomic E-state index is 0. The Hall–Kier alpha value is -1.35. The van der Waals surface area contributed by atoms with Crippen LogP contribution in [0.3, 0.4) is 0 Å². The van der Waals surface area contributed by atoms with Crippen LogP contribution in [0.1, 0.15) is 44.7 Å². The number of nitrogens with zero attached hydrogens (tertiary/aromatic N) is 3. The van der Waals surface area contributed by atoms with Crippen LogP contribution in [0.15, 0.2) is 29.3 Å². The van der Waals surface area contributed by atoms with Crippen LogP contribution in [-0.2, 0) is 11.3 Å². The molecule has 0 radical (unpaired) electrons. The number of piperazine rings is 1. The lowest BCUT2D eigenvalue weighted by Gasteiger charge is -2.36. The van der Waals surface area contributed by atoms with Gasteiger partial charge in [-0.15, -0.1) is 24.0 Å².